The number of nitrogens with one attached hydrogen (secondary N) is 2. The lowest BCUT2D eigenvalue weighted by molar-refractivity contribution is 0.0383. The lowest BCUT2D eigenvalue weighted by atomic mass is 10.2. The van der Waals surface area contributed by atoms with E-state index in [9.17, 15) is 4.79 Å². The van der Waals surface area contributed by atoms with E-state index in [2.05, 4.69) is 25.5 Å². The van der Waals surface area contributed by atoms with Crippen molar-refractivity contribution in [2.45, 2.75) is 6.92 Å². The average Bonchev–Trinajstić information content (AvgIpc) is 2.66. The van der Waals surface area contributed by atoms with Gasteiger partial charge in [0.2, 0.25) is 0 Å². The average molecular weight is 376 g/mol. The highest BCUT2D eigenvalue weighted by molar-refractivity contribution is 6.31. The third kappa shape index (κ3) is 5.14. The summed E-state index contributed by atoms with van der Waals surface area (Å²) in [7, 11) is 0. The summed E-state index contributed by atoms with van der Waals surface area (Å²) in [4.78, 5) is 22.8. The molecular weight excluding hydrogens is 354 g/mol. The fourth-order valence-corrected chi connectivity index (χ4v) is 2.79. The van der Waals surface area contributed by atoms with Crippen molar-refractivity contribution in [2.24, 2.45) is 0 Å². The van der Waals surface area contributed by atoms with Gasteiger partial charge < -0.3 is 15.4 Å². The summed E-state index contributed by atoms with van der Waals surface area (Å²) in [6.07, 6.45) is 1.37. The topological polar surface area (TPSA) is 79.4 Å². The molecule has 0 radical (unpaired) electrons. The van der Waals surface area contributed by atoms with Gasteiger partial charge in [-0.2, -0.15) is 0 Å². The first-order chi connectivity index (χ1) is 12.6. The second-order valence-corrected chi connectivity index (χ2v) is 6.49. The number of anilines is 2. The van der Waals surface area contributed by atoms with Gasteiger partial charge in [0.05, 0.1) is 13.2 Å². The van der Waals surface area contributed by atoms with Crippen LogP contribution in [0, 0.1) is 6.92 Å². The molecular formula is C18H22ClN5O2. The molecule has 0 aliphatic carbocycles. The van der Waals surface area contributed by atoms with Gasteiger partial charge >= 0.3 is 0 Å². The Morgan fingerprint density at radius 2 is 2.08 bits per heavy atom. The molecule has 7 nitrogen and oxygen atoms in total. The summed E-state index contributed by atoms with van der Waals surface area (Å²) in [5, 5.41) is 6.70. The summed E-state index contributed by atoms with van der Waals surface area (Å²) in [6, 6.07) is 7.27. The maximum absolute atomic E-state index is 12.3. The number of carbonyl (C=O) groups is 1. The fourth-order valence-electron chi connectivity index (χ4n) is 2.61. The number of aryl methyl sites for hydroxylation is 1. The lowest BCUT2D eigenvalue weighted by Crippen LogP contribution is -2.41. The first-order valence-corrected chi connectivity index (χ1v) is 8.93. The Bertz CT molecular complexity index is 765. The van der Waals surface area contributed by atoms with Crippen molar-refractivity contribution >= 4 is 29.0 Å². The molecule has 3 rings (SSSR count). The first-order valence-electron chi connectivity index (χ1n) is 8.55. The van der Waals surface area contributed by atoms with Crippen LogP contribution in [0.1, 0.15) is 16.1 Å². The Balaban J connectivity index is 1.55. The number of hydrogen-bond acceptors (Lipinski definition) is 6. The van der Waals surface area contributed by atoms with Crippen LogP contribution in [-0.2, 0) is 4.74 Å². The van der Waals surface area contributed by atoms with E-state index in [-0.39, 0.29) is 5.91 Å². The highest BCUT2D eigenvalue weighted by Gasteiger charge is 2.12. The van der Waals surface area contributed by atoms with E-state index in [4.69, 9.17) is 16.3 Å². The molecule has 1 aliphatic heterocycles. The summed E-state index contributed by atoms with van der Waals surface area (Å²) >= 11 is 6.13. The smallest absolute Gasteiger partial charge is 0.270 e. The Kier molecular flexibility index (Phi) is 6.38. The maximum atomic E-state index is 12.3. The molecule has 2 N–H and O–H groups in total. The van der Waals surface area contributed by atoms with E-state index >= 15 is 0 Å². The van der Waals surface area contributed by atoms with Crippen molar-refractivity contribution in [1.82, 2.24) is 20.2 Å². The third-order valence-corrected chi connectivity index (χ3v) is 4.57. The quantitative estimate of drug-likeness (QED) is 0.806. The van der Waals surface area contributed by atoms with Crippen molar-refractivity contribution in [1.29, 1.82) is 0 Å². The van der Waals surface area contributed by atoms with E-state index in [0.29, 0.717) is 23.1 Å². The van der Waals surface area contributed by atoms with Crippen LogP contribution >= 0.6 is 11.6 Å². The zero-order valence-electron chi connectivity index (χ0n) is 14.7. The monoisotopic (exact) mass is 375 g/mol. The molecule has 0 saturated carbocycles. The SMILES string of the molecule is Cc1ccc(Nc2cc(C(=O)NCCN3CCOCC3)ncn2)cc1Cl. The van der Waals surface area contributed by atoms with E-state index in [0.717, 1.165) is 44.1 Å². The highest BCUT2D eigenvalue weighted by Crippen LogP contribution is 2.22. The maximum Gasteiger partial charge on any atom is 0.270 e. The van der Waals surface area contributed by atoms with E-state index in [1.807, 2.05) is 25.1 Å². The van der Waals surface area contributed by atoms with Crippen LogP contribution in [0.25, 0.3) is 0 Å². The van der Waals surface area contributed by atoms with Crippen molar-refractivity contribution in [2.75, 3.05) is 44.7 Å². The van der Waals surface area contributed by atoms with Crippen LogP contribution in [-0.4, -0.2) is 60.2 Å². The summed E-state index contributed by atoms with van der Waals surface area (Å²) in [5.74, 6) is 0.323. The van der Waals surface area contributed by atoms with Crippen LogP contribution in [0.4, 0.5) is 11.5 Å². The molecule has 0 unspecified atom stereocenters. The number of ether oxygens (including phenoxy) is 1. The second kappa shape index (κ2) is 8.93. The number of morpholine rings is 1. The van der Waals surface area contributed by atoms with Gasteiger partial charge in [0.1, 0.15) is 17.8 Å². The van der Waals surface area contributed by atoms with Gasteiger partial charge in [-0.1, -0.05) is 17.7 Å². The number of carbonyl (C=O) groups excluding carboxylic acids is 1. The molecule has 26 heavy (non-hydrogen) atoms. The summed E-state index contributed by atoms with van der Waals surface area (Å²) < 4.78 is 5.31. The molecule has 2 aromatic rings. The minimum Gasteiger partial charge on any atom is -0.379 e. The molecule has 0 atom stereocenters. The molecule has 1 aliphatic rings. The predicted molar refractivity (Wildman–Crippen MR) is 101 cm³/mol. The van der Waals surface area contributed by atoms with Gasteiger partial charge in [0.25, 0.3) is 5.91 Å². The number of hydrogen-bond donors (Lipinski definition) is 2. The molecule has 1 fully saturated rings. The van der Waals surface area contributed by atoms with E-state index in [1.54, 1.807) is 6.07 Å². The molecule has 8 heteroatoms. The molecule has 1 saturated heterocycles. The number of amides is 1. The number of aromatic nitrogens is 2. The summed E-state index contributed by atoms with van der Waals surface area (Å²) in [6.45, 7) is 6.60. The van der Waals surface area contributed by atoms with Crippen LogP contribution in [0.5, 0.6) is 0 Å². The zero-order chi connectivity index (χ0) is 18.4. The molecule has 1 aromatic heterocycles. The van der Waals surface area contributed by atoms with E-state index in [1.165, 1.54) is 6.33 Å². The standard InChI is InChI=1S/C18H22ClN5O2/c1-13-2-3-14(10-15(13)19)23-17-11-16(21-12-22-17)18(25)20-4-5-24-6-8-26-9-7-24/h2-3,10-12H,4-9H2,1H3,(H,20,25)(H,21,22,23). The number of benzene rings is 1. The third-order valence-electron chi connectivity index (χ3n) is 4.16. The van der Waals surface area contributed by atoms with Crippen LogP contribution in [0.2, 0.25) is 5.02 Å². The minimum absolute atomic E-state index is 0.217. The Morgan fingerprint density at radius 3 is 2.85 bits per heavy atom. The van der Waals surface area contributed by atoms with Gasteiger partial charge in [0, 0.05) is 43.0 Å². The van der Waals surface area contributed by atoms with Crippen molar-refractivity contribution in [3.8, 4) is 0 Å². The molecule has 0 spiro atoms. The molecule has 1 amide bonds. The number of nitrogens with zero attached hydrogens (tertiary/aromatic N) is 3. The first kappa shape index (κ1) is 18.6. The van der Waals surface area contributed by atoms with Gasteiger partial charge in [-0.15, -0.1) is 0 Å². The fraction of sp³-hybridized carbons (Fsp3) is 0.389. The normalized spacial score (nSPS) is 14.8. The Labute approximate surface area is 157 Å². The number of rotatable bonds is 6. The molecule has 0 bridgehead atoms. The van der Waals surface area contributed by atoms with Crippen LogP contribution in [0.15, 0.2) is 30.6 Å². The van der Waals surface area contributed by atoms with Crippen molar-refractivity contribution in [3.05, 3.63) is 46.9 Å². The molecule has 1 aromatic carbocycles. The second-order valence-electron chi connectivity index (χ2n) is 6.09. The van der Waals surface area contributed by atoms with Crippen molar-refractivity contribution in [3.63, 3.8) is 0 Å². The summed E-state index contributed by atoms with van der Waals surface area (Å²) in [5.41, 5.74) is 2.13. The van der Waals surface area contributed by atoms with E-state index < -0.39 is 0 Å². The van der Waals surface area contributed by atoms with Gasteiger partial charge in [-0.05, 0) is 24.6 Å². The van der Waals surface area contributed by atoms with Crippen LogP contribution in [0.3, 0.4) is 0 Å². The van der Waals surface area contributed by atoms with Gasteiger partial charge in [0.15, 0.2) is 0 Å². The largest absolute Gasteiger partial charge is 0.379 e. The number of halogens is 1. The minimum atomic E-state index is -0.217. The van der Waals surface area contributed by atoms with Crippen molar-refractivity contribution < 1.29 is 9.53 Å². The Hall–Kier alpha value is -2.22. The van der Waals surface area contributed by atoms with Gasteiger partial charge in [-0.25, -0.2) is 9.97 Å². The predicted octanol–water partition coefficient (Wildman–Crippen LogP) is 2.24. The zero-order valence-corrected chi connectivity index (χ0v) is 15.4. The lowest BCUT2D eigenvalue weighted by Gasteiger charge is -2.26. The Morgan fingerprint density at radius 1 is 1.27 bits per heavy atom. The van der Waals surface area contributed by atoms with Gasteiger partial charge in [-0.3, -0.25) is 9.69 Å². The molecule has 138 valence electrons. The van der Waals surface area contributed by atoms with Crippen LogP contribution < -0.4 is 10.6 Å². The molecule has 2 heterocycles. The highest BCUT2D eigenvalue weighted by atomic mass is 35.5.